The van der Waals surface area contributed by atoms with Gasteiger partial charge in [0, 0.05) is 31.5 Å². The van der Waals surface area contributed by atoms with Crippen LogP contribution in [0.15, 0.2) is 4.52 Å². The largest absolute Gasteiger partial charge is 0.396 e. The number of aromatic nitrogens is 2. The maximum atomic E-state index is 9.42. The molecule has 17 heavy (non-hydrogen) atoms. The van der Waals surface area contributed by atoms with Gasteiger partial charge in [-0.05, 0) is 19.4 Å². The lowest BCUT2D eigenvalue weighted by Gasteiger charge is -2.10. The van der Waals surface area contributed by atoms with Gasteiger partial charge in [0.15, 0.2) is 5.82 Å². The molecule has 3 rings (SSSR count). The van der Waals surface area contributed by atoms with Crippen molar-refractivity contribution >= 4 is 0 Å². The Kier molecular flexibility index (Phi) is 2.88. The van der Waals surface area contributed by atoms with Gasteiger partial charge in [0.1, 0.15) is 0 Å². The van der Waals surface area contributed by atoms with Crippen molar-refractivity contribution in [2.75, 3.05) is 26.2 Å². The van der Waals surface area contributed by atoms with Crippen molar-refractivity contribution in [1.29, 1.82) is 0 Å². The second kappa shape index (κ2) is 4.38. The van der Waals surface area contributed by atoms with Crippen LogP contribution in [-0.4, -0.2) is 46.4 Å². The summed E-state index contributed by atoms with van der Waals surface area (Å²) in [7, 11) is 0. The van der Waals surface area contributed by atoms with Gasteiger partial charge in [-0.15, -0.1) is 0 Å². The number of likely N-dealkylation sites (tertiary alicyclic amines) is 1. The van der Waals surface area contributed by atoms with Crippen molar-refractivity contribution in [2.45, 2.75) is 31.6 Å². The third-order valence-corrected chi connectivity index (χ3v) is 3.92. The highest BCUT2D eigenvalue weighted by Gasteiger charge is 2.37. The quantitative estimate of drug-likeness (QED) is 0.845. The third-order valence-electron chi connectivity index (χ3n) is 3.92. The molecule has 5 nitrogen and oxygen atoms in total. The Bertz CT molecular complexity index is 389. The smallest absolute Gasteiger partial charge is 0.231 e. The molecule has 1 aliphatic carbocycles. The average Bonchev–Trinajstić information content (AvgIpc) is 2.95. The number of hydrogen-bond acceptors (Lipinski definition) is 5. The molecule has 0 unspecified atom stereocenters. The Morgan fingerprint density at radius 1 is 1.41 bits per heavy atom. The normalized spacial score (nSPS) is 30.0. The lowest BCUT2D eigenvalue weighted by Crippen LogP contribution is -2.20. The standard InChI is InChI=1S/C12H19N3O2/c1-2-15-5-9(7-16)10(6-15)12-13-11(14-17-12)8-3-4-8/h8-10,16H,2-7H2,1H3/t9-,10+/m0/s1. The summed E-state index contributed by atoms with van der Waals surface area (Å²) < 4.78 is 5.38. The number of likely N-dealkylation sites (N-methyl/N-ethyl adjacent to an activating group) is 1. The number of rotatable bonds is 4. The Labute approximate surface area is 101 Å². The fourth-order valence-corrected chi connectivity index (χ4v) is 2.59. The van der Waals surface area contributed by atoms with Crippen molar-refractivity contribution in [3.8, 4) is 0 Å². The first-order valence-corrected chi connectivity index (χ1v) is 6.48. The monoisotopic (exact) mass is 237 g/mol. The van der Waals surface area contributed by atoms with Crippen molar-refractivity contribution in [2.24, 2.45) is 5.92 Å². The summed E-state index contributed by atoms with van der Waals surface area (Å²) in [4.78, 5) is 6.83. The van der Waals surface area contributed by atoms with Crippen LogP contribution in [0, 0.1) is 5.92 Å². The summed E-state index contributed by atoms with van der Waals surface area (Å²) >= 11 is 0. The molecule has 1 saturated carbocycles. The van der Waals surface area contributed by atoms with Crippen LogP contribution < -0.4 is 0 Å². The second-order valence-corrected chi connectivity index (χ2v) is 5.17. The topological polar surface area (TPSA) is 62.4 Å². The van der Waals surface area contributed by atoms with E-state index >= 15 is 0 Å². The number of aliphatic hydroxyl groups excluding tert-OH is 1. The van der Waals surface area contributed by atoms with Crippen LogP contribution >= 0.6 is 0 Å². The molecule has 0 amide bonds. The molecule has 1 aliphatic heterocycles. The molecular formula is C12H19N3O2. The molecule has 1 aromatic rings. The minimum Gasteiger partial charge on any atom is -0.396 e. The van der Waals surface area contributed by atoms with E-state index in [4.69, 9.17) is 4.52 Å². The summed E-state index contributed by atoms with van der Waals surface area (Å²) in [6, 6.07) is 0. The van der Waals surface area contributed by atoms with Crippen molar-refractivity contribution in [3.63, 3.8) is 0 Å². The molecule has 0 bridgehead atoms. The van der Waals surface area contributed by atoms with Gasteiger partial charge in [-0.1, -0.05) is 12.1 Å². The highest BCUT2D eigenvalue weighted by molar-refractivity contribution is 5.08. The van der Waals surface area contributed by atoms with Crippen molar-refractivity contribution in [1.82, 2.24) is 15.0 Å². The fraction of sp³-hybridized carbons (Fsp3) is 0.833. The Balaban J connectivity index is 1.76. The minimum absolute atomic E-state index is 0.197. The molecule has 2 heterocycles. The second-order valence-electron chi connectivity index (χ2n) is 5.17. The molecule has 1 N–H and O–H groups in total. The van der Waals surface area contributed by atoms with Crippen LogP contribution in [0.2, 0.25) is 0 Å². The summed E-state index contributed by atoms with van der Waals surface area (Å²) in [6.45, 7) is 5.20. The maximum Gasteiger partial charge on any atom is 0.231 e. The van der Waals surface area contributed by atoms with E-state index in [9.17, 15) is 5.11 Å². The fourth-order valence-electron chi connectivity index (χ4n) is 2.59. The van der Waals surface area contributed by atoms with Gasteiger partial charge in [0.25, 0.3) is 0 Å². The van der Waals surface area contributed by atoms with Crippen LogP contribution in [0.25, 0.3) is 0 Å². The molecule has 2 aliphatic rings. The maximum absolute atomic E-state index is 9.42. The Morgan fingerprint density at radius 2 is 2.24 bits per heavy atom. The first-order valence-electron chi connectivity index (χ1n) is 6.48. The summed E-state index contributed by atoms with van der Waals surface area (Å²) in [6.07, 6.45) is 2.38. The van der Waals surface area contributed by atoms with E-state index in [1.807, 2.05) is 0 Å². The van der Waals surface area contributed by atoms with E-state index < -0.39 is 0 Å². The van der Waals surface area contributed by atoms with Crippen LogP contribution in [0.1, 0.15) is 43.3 Å². The number of aliphatic hydroxyl groups is 1. The van der Waals surface area contributed by atoms with E-state index in [1.54, 1.807) is 0 Å². The van der Waals surface area contributed by atoms with Gasteiger partial charge in [-0.3, -0.25) is 0 Å². The third kappa shape index (κ3) is 2.09. The zero-order valence-electron chi connectivity index (χ0n) is 10.2. The summed E-state index contributed by atoms with van der Waals surface area (Å²) in [5, 5.41) is 13.5. The average molecular weight is 237 g/mol. The SMILES string of the molecule is CCN1C[C@@H](CO)[C@H](c2nc(C3CC3)no2)C1. The summed E-state index contributed by atoms with van der Waals surface area (Å²) in [5.74, 6) is 2.57. The Hall–Kier alpha value is -0.940. The molecule has 1 aromatic heterocycles. The van der Waals surface area contributed by atoms with E-state index in [-0.39, 0.29) is 18.4 Å². The first-order chi connectivity index (χ1) is 8.31. The molecule has 2 fully saturated rings. The van der Waals surface area contributed by atoms with Gasteiger partial charge in [0.05, 0.1) is 5.92 Å². The van der Waals surface area contributed by atoms with Crippen molar-refractivity contribution in [3.05, 3.63) is 11.7 Å². The van der Waals surface area contributed by atoms with E-state index in [2.05, 4.69) is 22.0 Å². The zero-order chi connectivity index (χ0) is 11.8. The highest BCUT2D eigenvalue weighted by atomic mass is 16.5. The summed E-state index contributed by atoms with van der Waals surface area (Å²) in [5.41, 5.74) is 0. The zero-order valence-corrected chi connectivity index (χ0v) is 10.2. The van der Waals surface area contributed by atoms with E-state index in [1.165, 1.54) is 12.8 Å². The molecule has 0 radical (unpaired) electrons. The molecule has 0 aromatic carbocycles. The predicted octanol–water partition coefficient (Wildman–Crippen LogP) is 0.975. The van der Waals surface area contributed by atoms with Crippen molar-refractivity contribution < 1.29 is 9.63 Å². The van der Waals surface area contributed by atoms with Gasteiger partial charge in [-0.25, -0.2) is 0 Å². The first kappa shape index (κ1) is 11.2. The molecule has 2 atom stereocenters. The van der Waals surface area contributed by atoms with Crippen LogP contribution in [0.4, 0.5) is 0 Å². The van der Waals surface area contributed by atoms with Crippen LogP contribution in [0.5, 0.6) is 0 Å². The minimum atomic E-state index is 0.197. The highest BCUT2D eigenvalue weighted by Crippen LogP contribution is 2.39. The molecule has 94 valence electrons. The van der Waals surface area contributed by atoms with E-state index in [0.717, 1.165) is 31.3 Å². The van der Waals surface area contributed by atoms with Gasteiger partial charge < -0.3 is 14.5 Å². The molecule has 1 saturated heterocycles. The lowest BCUT2D eigenvalue weighted by atomic mass is 9.97. The van der Waals surface area contributed by atoms with Gasteiger partial charge in [0.2, 0.25) is 5.89 Å². The molecule has 5 heteroatoms. The van der Waals surface area contributed by atoms with E-state index in [0.29, 0.717) is 5.92 Å². The van der Waals surface area contributed by atoms with Crippen LogP contribution in [0.3, 0.4) is 0 Å². The molecule has 0 spiro atoms. The number of nitrogens with zero attached hydrogens (tertiary/aromatic N) is 3. The predicted molar refractivity (Wildman–Crippen MR) is 61.7 cm³/mol. The van der Waals surface area contributed by atoms with Gasteiger partial charge >= 0.3 is 0 Å². The van der Waals surface area contributed by atoms with Crippen LogP contribution in [-0.2, 0) is 0 Å². The molecular weight excluding hydrogens is 218 g/mol. The van der Waals surface area contributed by atoms with Gasteiger partial charge in [-0.2, -0.15) is 4.98 Å². The Morgan fingerprint density at radius 3 is 2.88 bits per heavy atom. The number of hydrogen-bond donors (Lipinski definition) is 1. The lowest BCUT2D eigenvalue weighted by molar-refractivity contribution is 0.206.